The topological polar surface area (TPSA) is 194 Å². The molecule has 0 amide bonds. The van der Waals surface area contributed by atoms with Crippen LogP contribution in [0.25, 0.3) is 11.2 Å². The number of imidazole rings is 1. The third-order valence-corrected chi connectivity index (χ3v) is 11.2. The second-order valence-corrected chi connectivity index (χ2v) is 20.6. The van der Waals surface area contributed by atoms with Gasteiger partial charge in [-0.15, -0.1) is 5.10 Å². The van der Waals surface area contributed by atoms with Gasteiger partial charge in [0.1, 0.15) is 53.8 Å². The van der Waals surface area contributed by atoms with E-state index in [1.165, 1.54) is 6.33 Å². The second-order valence-electron chi connectivity index (χ2n) is 14.9. The number of anilines is 1. The Morgan fingerprint density at radius 3 is 2.73 bits per heavy atom. The summed E-state index contributed by atoms with van der Waals surface area (Å²) >= 11 is 0. The molecule has 3 N–H and O–H groups in total. The third kappa shape index (κ3) is 7.22. The molecule has 52 heavy (non-hydrogen) atoms. The van der Waals surface area contributed by atoms with E-state index in [0.717, 1.165) is 28.4 Å². The van der Waals surface area contributed by atoms with Crippen LogP contribution < -0.4 is 20.5 Å². The molecule has 17 nitrogen and oxygen atoms in total. The SMILES string of the molecule is COc1c(C)c2c(c(OCOCC[Si](C)(C)C)c1CCNCc1cn(C[C@H]3O[C@@H](n4cnc5c(N)ncnc54)[C@@H]4OC(C)(C)O[C@@H]43)nn1)C(=O)OC2. The van der Waals surface area contributed by atoms with Gasteiger partial charge in [-0.3, -0.25) is 4.57 Å². The van der Waals surface area contributed by atoms with E-state index in [9.17, 15) is 4.79 Å². The minimum atomic E-state index is -1.26. The quantitative estimate of drug-likeness (QED) is 0.0782. The smallest absolute Gasteiger partial charge is 0.342 e. The molecular weight excluding hydrogens is 691 g/mol. The number of esters is 1. The van der Waals surface area contributed by atoms with Crippen molar-refractivity contribution in [3.05, 3.63) is 46.8 Å². The zero-order valence-corrected chi connectivity index (χ0v) is 31.7. The van der Waals surface area contributed by atoms with Crippen molar-refractivity contribution in [1.82, 2.24) is 39.8 Å². The van der Waals surface area contributed by atoms with Crippen LogP contribution in [-0.2, 0) is 49.8 Å². The first-order valence-corrected chi connectivity index (χ1v) is 21.2. The van der Waals surface area contributed by atoms with Crippen molar-refractivity contribution >= 4 is 31.0 Å². The van der Waals surface area contributed by atoms with Gasteiger partial charge in [0.15, 0.2) is 30.3 Å². The van der Waals surface area contributed by atoms with Gasteiger partial charge >= 0.3 is 5.97 Å². The minimum absolute atomic E-state index is 0.0313. The van der Waals surface area contributed by atoms with Gasteiger partial charge in [-0.2, -0.15) is 0 Å². The van der Waals surface area contributed by atoms with Crippen molar-refractivity contribution in [3.63, 3.8) is 0 Å². The summed E-state index contributed by atoms with van der Waals surface area (Å²) in [6, 6.07) is 1.01. The molecule has 280 valence electrons. The van der Waals surface area contributed by atoms with E-state index < -0.39 is 38.3 Å². The van der Waals surface area contributed by atoms with Crippen molar-refractivity contribution in [2.45, 2.75) is 103 Å². The highest BCUT2D eigenvalue weighted by atomic mass is 28.3. The summed E-state index contributed by atoms with van der Waals surface area (Å²) in [6.07, 6.45) is 3.72. The maximum Gasteiger partial charge on any atom is 0.342 e. The van der Waals surface area contributed by atoms with Crippen molar-refractivity contribution in [3.8, 4) is 11.5 Å². The van der Waals surface area contributed by atoms with Crippen LogP contribution in [0.4, 0.5) is 5.82 Å². The number of aromatic nitrogens is 7. The molecule has 2 saturated heterocycles. The molecule has 4 atom stereocenters. The summed E-state index contributed by atoms with van der Waals surface area (Å²) in [6.45, 7) is 14.8. The number of rotatable bonds is 15. The molecule has 18 heteroatoms. The predicted octanol–water partition coefficient (Wildman–Crippen LogP) is 3.13. The van der Waals surface area contributed by atoms with E-state index in [2.05, 4.69) is 50.2 Å². The molecule has 0 spiro atoms. The molecule has 2 fully saturated rings. The molecule has 7 rings (SSSR count). The highest BCUT2D eigenvalue weighted by Crippen LogP contribution is 2.45. The van der Waals surface area contributed by atoms with Gasteiger partial charge < -0.3 is 44.2 Å². The molecule has 6 heterocycles. The Morgan fingerprint density at radius 1 is 1.13 bits per heavy atom. The number of hydrogen-bond donors (Lipinski definition) is 2. The Bertz CT molecular complexity index is 1940. The lowest BCUT2D eigenvalue weighted by Crippen LogP contribution is -2.33. The number of hydrogen-bond acceptors (Lipinski definition) is 15. The van der Waals surface area contributed by atoms with Crippen LogP contribution in [0, 0.1) is 6.92 Å². The Kier molecular flexibility index (Phi) is 9.96. The summed E-state index contributed by atoms with van der Waals surface area (Å²) in [4.78, 5) is 25.7. The van der Waals surface area contributed by atoms with Crippen LogP contribution in [0.2, 0.25) is 25.7 Å². The van der Waals surface area contributed by atoms with E-state index in [1.54, 1.807) is 18.1 Å². The zero-order chi connectivity index (χ0) is 36.8. The van der Waals surface area contributed by atoms with Gasteiger partial charge in [0.05, 0.1) is 25.7 Å². The molecule has 0 saturated carbocycles. The minimum Gasteiger partial charge on any atom is -0.496 e. The van der Waals surface area contributed by atoms with Gasteiger partial charge in [-0.25, -0.2) is 24.4 Å². The summed E-state index contributed by atoms with van der Waals surface area (Å²) < 4.78 is 45.9. The molecular formula is C34H47N9O8Si. The first kappa shape index (κ1) is 36.2. The number of benzene rings is 1. The van der Waals surface area contributed by atoms with Crippen molar-refractivity contribution in [1.29, 1.82) is 0 Å². The van der Waals surface area contributed by atoms with Crippen molar-refractivity contribution in [2.75, 3.05) is 32.8 Å². The molecule has 3 aromatic heterocycles. The first-order valence-electron chi connectivity index (χ1n) is 17.5. The lowest BCUT2D eigenvalue weighted by Gasteiger charge is -2.24. The number of nitrogens with one attached hydrogen (secondary N) is 1. The Balaban J connectivity index is 0.998. The Hall–Kier alpha value is -4.20. The third-order valence-electron chi connectivity index (χ3n) is 9.51. The number of carbonyl (C=O) groups excluding carboxylic acids is 1. The number of ether oxygens (including phenoxy) is 7. The molecule has 1 aromatic carbocycles. The molecule has 4 aromatic rings. The van der Waals surface area contributed by atoms with Crippen LogP contribution in [0.1, 0.15) is 52.8 Å². The summed E-state index contributed by atoms with van der Waals surface area (Å²) in [5, 5.41) is 12.2. The first-order chi connectivity index (χ1) is 24.8. The van der Waals surface area contributed by atoms with Gasteiger partial charge in [0, 0.05) is 38.5 Å². The Morgan fingerprint density at radius 2 is 1.94 bits per heavy atom. The maximum absolute atomic E-state index is 12.8. The average Bonchev–Trinajstić information content (AvgIpc) is 3.91. The Labute approximate surface area is 302 Å². The summed E-state index contributed by atoms with van der Waals surface area (Å²) in [5.41, 5.74) is 10.7. The molecule has 3 aliphatic rings. The number of nitrogens with zero attached hydrogens (tertiary/aromatic N) is 7. The van der Waals surface area contributed by atoms with E-state index in [4.69, 9.17) is 38.9 Å². The fraction of sp³-hybridized carbons (Fsp3) is 0.588. The van der Waals surface area contributed by atoms with Gasteiger partial charge in [-0.05, 0) is 45.3 Å². The van der Waals surface area contributed by atoms with Crippen LogP contribution in [-0.4, -0.2) is 99.7 Å². The van der Waals surface area contributed by atoms with Crippen LogP contribution >= 0.6 is 0 Å². The summed E-state index contributed by atoms with van der Waals surface area (Å²) in [5.74, 6) is 0.220. The number of fused-ring (bicyclic) bond motifs is 3. The lowest BCUT2D eigenvalue weighted by molar-refractivity contribution is -0.197. The zero-order valence-electron chi connectivity index (χ0n) is 30.7. The second kappa shape index (κ2) is 14.3. The van der Waals surface area contributed by atoms with E-state index in [0.29, 0.717) is 66.7 Å². The highest BCUT2D eigenvalue weighted by Gasteiger charge is 2.56. The number of nitrogens with two attached hydrogens (primary N) is 1. The van der Waals surface area contributed by atoms with Gasteiger partial charge in [0.25, 0.3) is 0 Å². The predicted molar refractivity (Wildman–Crippen MR) is 189 cm³/mol. The van der Waals surface area contributed by atoms with E-state index in [1.807, 2.05) is 31.5 Å². The largest absolute Gasteiger partial charge is 0.496 e. The number of nitrogen functional groups attached to an aromatic ring is 1. The maximum atomic E-state index is 12.8. The fourth-order valence-corrected chi connectivity index (χ4v) is 7.71. The standard InChI is InChI=1S/C34H47N9O8Si/c1-19-22-15-47-33(44)24(22)27(48-18-46-10-11-52(5,6)7)21(26(19)45-4)8-9-36-12-20-13-42(41-40-20)14-23-28-29(51-34(2,3)50-28)32(49-23)43-17-39-25-30(35)37-16-38-31(25)43/h13,16-17,23,28-29,32,36H,8-12,14-15,18H2,1-7H3,(H2,35,37,38)/t23-,28-,29-,32-/m1/s1. The molecule has 3 aliphatic heterocycles. The fourth-order valence-electron chi connectivity index (χ4n) is 6.96. The van der Waals surface area contributed by atoms with Gasteiger partial charge in [0.2, 0.25) is 0 Å². The van der Waals surface area contributed by atoms with E-state index >= 15 is 0 Å². The average molecular weight is 738 g/mol. The van der Waals surface area contributed by atoms with Gasteiger partial charge in [-0.1, -0.05) is 24.9 Å². The lowest BCUT2D eigenvalue weighted by atomic mass is 9.95. The van der Waals surface area contributed by atoms with Crippen LogP contribution in [0.5, 0.6) is 11.5 Å². The number of carbonyl (C=O) groups is 1. The highest BCUT2D eigenvalue weighted by molar-refractivity contribution is 6.76. The molecule has 0 bridgehead atoms. The number of methoxy groups -OCH3 is 1. The van der Waals surface area contributed by atoms with Crippen LogP contribution in [0.3, 0.4) is 0 Å². The van der Waals surface area contributed by atoms with E-state index in [-0.39, 0.29) is 19.5 Å². The number of cyclic esters (lactones) is 1. The summed E-state index contributed by atoms with van der Waals surface area (Å²) in [7, 11) is 0.365. The normalized spacial score (nSPS) is 22.2. The van der Waals surface area contributed by atoms with Crippen molar-refractivity contribution < 1.29 is 38.0 Å². The van der Waals surface area contributed by atoms with Crippen molar-refractivity contribution in [2.24, 2.45) is 0 Å². The monoisotopic (exact) mass is 737 g/mol. The molecule has 0 radical (unpaired) electrons. The molecule has 0 unspecified atom stereocenters. The van der Waals surface area contributed by atoms with Crippen LogP contribution in [0.15, 0.2) is 18.9 Å². The molecule has 0 aliphatic carbocycles.